The average molecular weight is 142 g/mol. The molecule has 0 aromatic carbocycles. The Kier molecular flexibility index (Phi) is 1.89. The minimum atomic E-state index is 0.488. The van der Waals surface area contributed by atoms with E-state index in [9.17, 15) is 0 Å². The number of thiol groups is 1. The van der Waals surface area contributed by atoms with Crippen molar-refractivity contribution in [3.8, 4) is 5.88 Å². The van der Waals surface area contributed by atoms with Gasteiger partial charge in [0.2, 0.25) is 5.88 Å². The molecular formula is C5H6N2OS. The summed E-state index contributed by atoms with van der Waals surface area (Å²) in [7, 11) is 1.54. The topological polar surface area (TPSA) is 35.0 Å². The quantitative estimate of drug-likeness (QED) is 0.588. The third kappa shape index (κ3) is 1.57. The first-order valence-corrected chi connectivity index (χ1v) is 2.82. The summed E-state index contributed by atoms with van der Waals surface area (Å²) in [5.74, 6) is 0.488. The van der Waals surface area contributed by atoms with Gasteiger partial charge in [-0.15, -0.1) is 12.6 Å². The minimum absolute atomic E-state index is 0.488. The van der Waals surface area contributed by atoms with E-state index in [2.05, 4.69) is 22.6 Å². The predicted octanol–water partition coefficient (Wildman–Crippen LogP) is 0.774. The van der Waals surface area contributed by atoms with Crippen molar-refractivity contribution in [2.24, 2.45) is 0 Å². The van der Waals surface area contributed by atoms with E-state index in [1.54, 1.807) is 6.20 Å². The van der Waals surface area contributed by atoms with Gasteiger partial charge in [-0.3, -0.25) is 4.98 Å². The van der Waals surface area contributed by atoms with E-state index >= 15 is 0 Å². The molecule has 0 fully saturated rings. The first-order chi connectivity index (χ1) is 4.33. The third-order valence-corrected chi connectivity index (χ3v) is 1.02. The standard InChI is InChI=1S/C5H6N2OS/c1-8-4-2-6-3-5(9)7-4/h2-3H,1H3,(H,7,9). The second kappa shape index (κ2) is 2.68. The van der Waals surface area contributed by atoms with Gasteiger partial charge in [0.25, 0.3) is 0 Å². The maximum Gasteiger partial charge on any atom is 0.233 e. The zero-order valence-corrected chi connectivity index (χ0v) is 5.80. The molecule has 0 unspecified atom stereocenters. The fourth-order valence-electron chi connectivity index (χ4n) is 0.437. The highest BCUT2D eigenvalue weighted by atomic mass is 32.1. The van der Waals surface area contributed by atoms with Crippen LogP contribution in [-0.2, 0) is 0 Å². The molecule has 0 bridgehead atoms. The molecule has 1 heterocycles. The highest BCUT2D eigenvalue weighted by Crippen LogP contribution is 2.05. The molecule has 0 amide bonds. The number of ether oxygens (including phenoxy) is 1. The lowest BCUT2D eigenvalue weighted by Gasteiger charge is -1.95. The van der Waals surface area contributed by atoms with E-state index in [1.807, 2.05) is 0 Å². The van der Waals surface area contributed by atoms with E-state index in [-0.39, 0.29) is 0 Å². The summed E-state index contributed by atoms with van der Waals surface area (Å²) in [4.78, 5) is 7.66. The number of hydrogen-bond donors (Lipinski definition) is 1. The Morgan fingerprint density at radius 3 is 2.78 bits per heavy atom. The normalized spacial score (nSPS) is 9.11. The minimum Gasteiger partial charge on any atom is -0.480 e. The Balaban J connectivity index is 2.94. The number of methoxy groups -OCH3 is 1. The van der Waals surface area contributed by atoms with Crippen LogP contribution < -0.4 is 4.74 Å². The fraction of sp³-hybridized carbons (Fsp3) is 0.200. The van der Waals surface area contributed by atoms with Crippen molar-refractivity contribution in [2.75, 3.05) is 7.11 Å². The Morgan fingerprint density at radius 2 is 2.33 bits per heavy atom. The van der Waals surface area contributed by atoms with Gasteiger partial charge in [0.05, 0.1) is 19.5 Å². The van der Waals surface area contributed by atoms with E-state index < -0.39 is 0 Å². The molecule has 0 atom stereocenters. The van der Waals surface area contributed by atoms with Gasteiger partial charge in [-0.25, -0.2) is 4.98 Å². The van der Waals surface area contributed by atoms with Gasteiger partial charge in [-0.05, 0) is 0 Å². The monoisotopic (exact) mass is 142 g/mol. The highest BCUT2D eigenvalue weighted by molar-refractivity contribution is 7.80. The van der Waals surface area contributed by atoms with Crippen LogP contribution in [0.3, 0.4) is 0 Å². The molecule has 1 aromatic heterocycles. The molecule has 48 valence electrons. The summed E-state index contributed by atoms with van der Waals surface area (Å²) < 4.78 is 4.77. The van der Waals surface area contributed by atoms with E-state index in [4.69, 9.17) is 4.74 Å². The average Bonchev–Trinajstić information content (AvgIpc) is 1.88. The molecule has 9 heavy (non-hydrogen) atoms. The summed E-state index contributed by atoms with van der Waals surface area (Å²) in [6.07, 6.45) is 3.07. The molecule has 0 saturated carbocycles. The van der Waals surface area contributed by atoms with Crippen molar-refractivity contribution < 1.29 is 4.74 Å². The summed E-state index contributed by atoms with van der Waals surface area (Å²) in [5, 5.41) is 0.564. The molecule has 0 aliphatic carbocycles. The van der Waals surface area contributed by atoms with Gasteiger partial charge in [0.15, 0.2) is 0 Å². The predicted molar refractivity (Wildman–Crippen MR) is 35.8 cm³/mol. The zero-order chi connectivity index (χ0) is 6.69. The van der Waals surface area contributed by atoms with Gasteiger partial charge < -0.3 is 4.74 Å². The van der Waals surface area contributed by atoms with E-state index in [0.29, 0.717) is 10.9 Å². The molecule has 1 rings (SSSR count). The van der Waals surface area contributed by atoms with E-state index in [0.717, 1.165) is 0 Å². The van der Waals surface area contributed by atoms with Crippen molar-refractivity contribution >= 4 is 12.6 Å². The third-order valence-electron chi connectivity index (χ3n) is 0.809. The molecule has 0 saturated heterocycles. The van der Waals surface area contributed by atoms with Crippen LogP contribution >= 0.6 is 12.6 Å². The van der Waals surface area contributed by atoms with Crippen LogP contribution in [0.2, 0.25) is 0 Å². The lowest BCUT2D eigenvalue weighted by molar-refractivity contribution is 0.392. The van der Waals surface area contributed by atoms with Crippen molar-refractivity contribution in [1.82, 2.24) is 9.97 Å². The van der Waals surface area contributed by atoms with Crippen molar-refractivity contribution in [2.45, 2.75) is 5.03 Å². The van der Waals surface area contributed by atoms with Crippen LogP contribution in [0, 0.1) is 0 Å². The Labute approximate surface area is 58.5 Å². The number of aromatic nitrogens is 2. The Morgan fingerprint density at radius 1 is 1.56 bits per heavy atom. The van der Waals surface area contributed by atoms with Crippen LogP contribution in [0.5, 0.6) is 5.88 Å². The molecule has 3 nitrogen and oxygen atoms in total. The molecule has 0 N–H and O–H groups in total. The largest absolute Gasteiger partial charge is 0.480 e. The van der Waals surface area contributed by atoms with Crippen LogP contribution in [0.25, 0.3) is 0 Å². The maximum atomic E-state index is 4.77. The summed E-state index contributed by atoms with van der Waals surface area (Å²) in [5.41, 5.74) is 0. The lowest BCUT2D eigenvalue weighted by atomic mass is 10.7. The molecular weight excluding hydrogens is 136 g/mol. The Bertz CT molecular complexity index is 204. The summed E-state index contributed by atoms with van der Waals surface area (Å²) in [6, 6.07) is 0. The first kappa shape index (κ1) is 6.35. The maximum absolute atomic E-state index is 4.77. The van der Waals surface area contributed by atoms with Crippen molar-refractivity contribution in [1.29, 1.82) is 0 Å². The number of nitrogens with zero attached hydrogens (tertiary/aromatic N) is 2. The number of hydrogen-bond acceptors (Lipinski definition) is 4. The van der Waals surface area contributed by atoms with Crippen LogP contribution in [-0.4, -0.2) is 17.1 Å². The molecule has 0 aliphatic rings. The van der Waals surface area contributed by atoms with Crippen LogP contribution in [0.15, 0.2) is 17.4 Å². The second-order valence-electron chi connectivity index (χ2n) is 1.42. The van der Waals surface area contributed by atoms with Gasteiger partial charge >= 0.3 is 0 Å². The zero-order valence-electron chi connectivity index (χ0n) is 4.90. The smallest absolute Gasteiger partial charge is 0.233 e. The molecule has 0 spiro atoms. The van der Waals surface area contributed by atoms with Crippen LogP contribution in [0.4, 0.5) is 0 Å². The van der Waals surface area contributed by atoms with Gasteiger partial charge in [0.1, 0.15) is 5.03 Å². The van der Waals surface area contributed by atoms with Crippen molar-refractivity contribution in [3.63, 3.8) is 0 Å². The highest BCUT2D eigenvalue weighted by Gasteiger charge is 1.90. The van der Waals surface area contributed by atoms with E-state index in [1.165, 1.54) is 13.3 Å². The SMILES string of the molecule is COc1cncc(S)n1. The number of rotatable bonds is 1. The summed E-state index contributed by atoms with van der Waals surface area (Å²) in [6.45, 7) is 0. The summed E-state index contributed by atoms with van der Waals surface area (Å²) >= 11 is 3.95. The molecule has 4 heteroatoms. The fourth-order valence-corrected chi connectivity index (χ4v) is 0.602. The van der Waals surface area contributed by atoms with Gasteiger partial charge in [-0.2, -0.15) is 0 Å². The van der Waals surface area contributed by atoms with Gasteiger partial charge in [-0.1, -0.05) is 0 Å². The molecule has 1 aromatic rings. The molecule has 0 aliphatic heterocycles. The lowest BCUT2D eigenvalue weighted by Crippen LogP contribution is -1.88. The Hall–Kier alpha value is -0.770. The molecule has 0 radical (unpaired) electrons. The van der Waals surface area contributed by atoms with Crippen molar-refractivity contribution in [3.05, 3.63) is 12.4 Å². The second-order valence-corrected chi connectivity index (χ2v) is 1.88. The van der Waals surface area contributed by atoms with Crippen LogP contribution in [0.1, 0.15) is 0 Å². The van der Waals surface area contributed by atoms with Gasteiger partial charge in [0, 0.05) is 0 Å². The first-order valence-electron chi connectivity index (χ1n) is 2.38.